The smallest absolute Gasteiger partial charge is 0.272 e. The van der Waals surface area contributed by atoms with E-state index < -0.39 is 25.1 Å². The van der Waals surface area contributed by atoms with Crippen molar-refractivity contribution in [1.29, 1.82) is 0 Å². The van der Waals surface area contributed by atoms with E-state index in [4.69, 9.17) is 9.47 Å². The number of nitrogens with one attached hydrogen (secondary N) is 1. The molecule has 1 atom stereocenters. The Bertz CT molecular complexity index is 3600. The van der Waals surface area contributed by atoms with E-state index in [2.05, 4.69) is 17.1 Å². The van der Waals surface area contributed by atoms with Gasteiger partial charge < -0.3 is 14.3 Å². The number of nitrogens with zero attached hydrogens (tertiary/aromatic N) is 1. The predicted octanol–water partition coefficient (Wildman–Crippen LogP) is 13.5. The summed E-state index contributed by atoms with van der Waals surface area (Å²) in [5, 5.41) is 8.11. The average Bonchev–Trinajstić information content (AvgIpc) is 3.40. The zero-order valence-electron chi connectivity index (χ0n) is 39.9. The van der Waals surface area contributed by atoms with Gasteiger partial charge >= 0.3 is 0 Å². The molecule has 0 bridgehead atoms. The van der Waals surface area contributed by atoms with Crippen LogP contribution in [-0.4, -0.2) is 32.8 Å². The van der Waals surface area contributed by atoms with E-state index in [0.717, 1.165) is 38.8 Å². The van der Waals surface area contributed by atoms with Crippen molar-refractivity contribution in [3.63, 3.8) is 0 Å². The predicted molar refractivity (Wildman–Crippen MR) is 279 cm³/mol. The number of hydrogen-bond acceptors (Lipinski definition) is 9. The van der Waals surface area contributed by atoms with Gasteiger partial charge in [-0.3, -0.25) is 4.79 Å². The lowest BCUT2D eigenvalue weighted by molar-refractivity contribution is -0.117. The molecule has 358 valence electrons. The largest absolute Gasteiger partial charge is 0.457 e. The van der Waals surface area contributed by atoms with Gasteiger partial charge in [-0.2, -0.15) is 5.10 Å². The second-order valence-corrected chi connectivity index (χ2v) is 21.0. The lowest BCUT2D eigenvalue weighted by Crippen LogP contribution is -2.24. The monoisotopic (exact) mass is 980 g/mol. The third-order valence-electron chi connectivity index (χ3n) is 12.4. The summed E-state index contributed by atoms with van der Waals surface area (Å²) in [5.74, 6) is 2.16. The highest BCUT2D eigenvalue weighted by Gasteiger charge is 2.30. The highest BCUT2D eigenvalue weighted by atomic mass is 32.2. The second-order valence-electron chi connectivity index (χ2n) is 17.1. The summed E-state index contributed by atoms with van der Waals surface area (Å²) in [5.41, 5.74) is 5.37. The highest BCUT2D eigenvalue weighted by molar-refractivity contribution is 7.91. The third-order valence-corrected chi connectivity index (χ3v) is 16.0. The Hall–Kier alpha value is -7.93. The van der Waals surface area contributed by atoms with Gasteiger partial charge in [-0.15, -0.1) is 0 Å². The van der Waals surface area contributed by atoms with Crippen molar-refractivity contribution in [2.45, 2.75) is 72.5 Å². The van der Waals surface area contributed by atoms with Gasteiger partial charge in [0.25, 0.3) is 5.56 Å². The van der Waals surface area contributed by atoms with Crippen LogP contribution in [0.5, 0.6) is 23.0 Å². The van der Waals surface area contributed by atoms with E-state index in [1.165, 1.54) is 24.3 Å². The van der Waals surface area contributed by atoms with Gasteiger partial charge in [-0.05, 0) is 158 Å². The van der Waals surface area contributed by atoms with E-state index in [-0.39, 0.29) is 30.9 Å². The Morgan fingerprint density at radius 2 is 0.859 bits per heavy atom. The summed E-state index contributed by atoms with van der Waals surface area (Å²) in [6.07, 6.45) is 0.950. The van der Waals surface area contributed by atoms with Crippen LogP contribution in [0.15, 0.2) is 219 Å². The molecule has 0 aliphatic rings. The number of rotatable bonds is 15. The molecule has 0 radical (unpaired) electrons. The average molecular weight is 981 g/mol. The molecule has 1 N–H and O–H groups in total. The topological polar surface area (TPSA) is 150 Å². The fraction of sp³-hybridized carbons (Fsp3) is 0.136. The molecule has 10 nitrogen and oxygen atoms in total. The Labute approximate surface area is 414 Å². The van der Waals surface area contributed by atoms with Gasteiger partial charge in [0.05, 0.1) is 30.7 Å². The molecule has 0 saturated carbocycles. The number of fused-ring (bicyclic) bond motifs is 1. The van der Waals surface area contributed by atoms with Crippen LogP contribution < -0.4 is 15.0 Å². The van der Waals surface area contributed by atoms with Gasteiger partial charge in [-0.1, -0.05) is 105 Å². The number of carbonyl (C=O) groups is 1. The Kier molecular flexibility index (Phi) is 14.6. The number of aromatic nitrogens is 2. The minimum Gasteiger partial charge on any atom is -0.457 e. The van der Waals surface area contributed by atoms with Crippen LogP contribution in [0.4, 0.5) is 0 Å². The van der Waals surface area contributed by atoms with Gasteiger partial charge in [0.15, 0.2) is 0 Å². The van der Waals surface area contributed by atoms with Crippen LogP contribution in [0.3, 0.4) is 0 Å². The van der Waals surface area contributed by atoms with Crippen molar-refractivity contribution >= 4 is 36.2 Å². The molecule has 0 spiro atoms. The molecule has 12 heteroatoms. The Morgan fingerprint density at radius 3 is 1.31 bits per heavy atom. The summed E-state index contributed by atoms with van der Waals surface area (Å²) in [4.78, 5) is 25.2. The zero-order valence-corrected chi connectivity index (χ0v) is 41.6. The highest BCUT2D eigenvalue weighted by Crippen LogP contribution is 2.39. The first-order valence-electron chi connectivity index (χ1n) is 23.2. The minimum atomic E-state index is -3.84. The molecule has 0 saturated heterocycles. The first kappa shape index (κ1) is 49.5. The number of Topliss-reactive ketones (excluding diaryl/α,β-unsaturated/α-hetero) is 1. The molecule has 0 amide bonds. The van der Waals surface area contributed by atoms with Crippen LogP contribution in [-0.2, 0) is 29.9 Å². The SMILES string of the molecule is CC.CC(=O)CCC(C)(c1ccc(Oc2ccc(S(=O)(=O)c3ccc(C)cc3)cc2)cc1)c1ccc(-c2ccc(S(=O)(=O)c3ccc(Oc4ccc(-c5n[nH]c(=O)c6ccccc56)cc4)cc3)cc2)cc1. The van der Waals surface area contributed by atoms with E-state index in [1.807, 2.05) is 93.6 Å². The van der Waals surface area contributed by atoms with Crippen molar-refractivity contribution in [2.24, 2.45) is 0 Å². The van der Waals surface area contributed by atoms with Crippen LogP contribution in [0.25, 0.3) is 33.2 Å². The van der Waals surface area contributed by atoms with Gasteiger partial charge in [0, 0.05) is 22.8 Å². The number of aryl methyl sites for hydroxylation is 1. The molecule has 8 aromatic carbocycles. The normalized spacial score (nSPS) is 12.3. The third kappa shape index (κ3) is 10.8. The second kappa shape index (κ2) is 21.0. The van der Waals surface area contributed by atoms with E-state index in [9.17, 15) is 26.4 Å². The molecule has 1 aromatic heterocycles. The van der Waals surface area contributed by atoms with Crippen molar-refractivity contribution in [3.05, 3.63) is 221 Å². The Balaban J connectivity index is 0.00000334. The van der Waals surface area contributed by atoms with Gasteiger partial charge in [0.2, 0.25) is 19.7 Å². The maximum absolute atomic E-state index is 13.7. The number of sulfone groups is 2. The van der Waals surface area contributed by atoms with E-state index in [0.29, 0.717) is 46.9 Å². The van der Waals surface area contributed by atoms with E-state index >= 15 is 0 Å². The lowest BCUT2D eigenvalue weighted by atomic mass is 9.72. The molecule has 0 aliphatic carbocycles. The summed E-state index contributed by atoms with van der Waals surface area (Å²) >= 11 is 0. The fourth-order valence-corrected chi connectivity index (χ4v) is 10.8. The lowest BCUT2D eigenvalue weighted by Gasteiger charge is -2.31. The minimum absolute atomic E-state index is 0.0870. The van der Waals surface area contributed by atoms with Crippen LogP contribution in [0, 0.1) is 6.92 Å². The maximum atomic E-state index is 13.7. The maximum Gasteiger partial charge on any atom is 0.272 e. The Morgan fingerprint density at radius 1 is 0.507 bits per heavy atom. The number of benzene rings is 8. The van der Waals surface area contributed by atoms with Crippen molar-refractivity contribution in [2.75, 3.05) is 0 Å². The van der Waals surface area contributed by atoms with Crippen LogP contribution in [0.1, 0.15) is 57.2 Å². The van der Waals surface area contributed by atoms with Crippen molar-refractivity contribution < 1.29 is 31.1 Å². The number of hydrogen-bond donors (Lipinski definition) is 1. The summed E-state index contributed by atoms with van der Waals surface area (Å²) in [6, 6.07) is 56.5. The molecular weight excluding hydrogens is 929 g/mol. The molecule has 9 rings (SSSR count). The molecular formula is C59H52N2O8S2. The summed E-state index contributed by atoms with van der Waals surface area (Å²) in [7, 11) is -7.51. The number of carbonyl (C=O) groups excluding carboxylic acids is 1. The molecule has 0 fully saturated rings. The first-order valence-corrected chi connectivity index (χ1v) is 26.2. The molecule has 1 heterocycles. The zero-order chi connectivity index (χ0) is 50.3. The van der Waals surface area contributed by atoms with Crippen LogP contribution >= 0.6 is 0 Å². The summed E-state index contributed by atoms with van der Waals surface area (Å²) in [6.45, 7) is 9.61. The first-order chi connectivity index (χ1) is 34.2. The van der Waals surface area contributed by atoms with Crippen molar-refractivity contribution in [1.82, 2.24) is 10.2 Å². The quantitative estimate of drug-likeness (QED) is 0.106. The molecule has 0 aliphatic heterocycles. The molecule has 1 unspecified atom stereocenters. The summed E-state index contributed by atoms with van der Waals surface area (Å²) < 4.78 is 65.9. The van der Waals surface area contributed by atoms with Gasteiger partial charge in [0.1, 0.15) is 28.8 Å². The number of ether oxygens (including phenoxy) is 2. The number of ketones is 1. The fourth-order valence-electron chi connectivity index (χ4n) is 8.28. The molecule has 9 aromatic rings. The number of aromatic amines is 1. The van der Waals surface area contributed by atoms with Crippen molar-refractivity contribution in [3.8, 4) is 45.4 Å². The van der Waals surface area contributed by atoms with Gasteiger partial charge in [-0.25, -0.2) is 21.9 Å². The molecule has 71 heavy (non-hydrogen) atoms. The standard InChI is InChI=1S/C57H46N2O8S2.C2H6/c1-38-8-28-49(29-9-38)68(62,63)51-32-26-48(27-33-51)67-46-22-18-44(19-23-46)57(3,37-36-39(2)60)43-16-10-40(11-17-43)41-14-30-50(31-15-41)69(64,65)52-34-24-47(25-35-52)66-45-20-12-42(13-21-45)55-53-6-4-5-7-54(53)56(61)59-58-55;1-2/h4-35H,36-37H2,1-3H3,(H,59,61);1-2H3. The van der Waals surface area contributed by atoms with E-state index in [1.54, 1.807) is 104 Å². The van der Waals surface area contributed by atoms with Crippen LogP contribution in [0.2, 0.25) is 0 Å². The number of H-pyrrole nitrogens is 1.